The van der Waals surface area contributed by atoms with Crippen molar-refractivity contribution in [3.8, 4) is 0 Å². The minimum absolute atomic E-state index is 0.0269. The Morgan fingerprint density at radius 2 is 1.88 bits per heavy atom. The van der Waals surface area contributed by atoms with Gasteiger partial charge in [-0.15, -0.1) is 0 Å². The van der Waals surface area contributed by atoms with Crippen molar-refractivity contribution >= 4 is 32.7 Å². The van der Waals surface area contributed by atoms with Crippen LogP contribution >= 0.6 is 15.9 Å². The molecule has 1 aromatic carbocycles. The zero-order valence-corrected chi connectivity index (χ0v) is 12.2. The summed E-state index contributed by atoms with van der Waals surface area (Å²) in [5, 5.41) is 4.61. The van der Waals surface area contributed by atoms with Crippen molar-refractivity contribution in [1.82, 2.24) is 4.98 Å². The fraction of sp³-hybridized carbons (Fsp3) is 0.357. The first kappa shape index (κ1) is 12.4. The van der Waals surface area contributed by atoms with Gasteiger partial charge in [0.1, 0.15) is 5.82 Å². The van der Waals surface area contributed by atoms with E-state index in [1.165, 1.54) is 10.9 Å². The van der Waals surface area contributed by atoms with Gasteiger partial charge in [0.2, 0.25) is 0 Å². The molecule has 0 atom stereocenters. The summed E-state index contributed by atoms with van der Waals surface area (Å²) in [5.74, 6) is 0.931. The molecule has 1 heterocycles. The molecule has 0 aliphatic rings. The molecule has 0 aliphatic heterocycles. The predicted molar refractivity (Wildman–Crippen MR) is 77.6 cm³/mol. The molecule has 0 amide bonds. The van der Waals surface area contributed by atoms with Crippen molar-refractivity contribution in [3.63, 3.8) is 0 Å². The molecule has 0 saturated heterocycles. The van der Waals surface area contributed by atoms with E-state index in [1.54, 1.807) is 0 Å². The van der Waals surface area contributed by atoms with E-state index in [-0.39, 0.29) is 5.54 Å². The molecule has 3 heteroatoms. The van der Waals surface area contributed by atoms with Crippen LogP contribution in [-0.2, 0) is 0 Å². The summed E-state index contributed by atoms with van der Waals surface area (Å²) in [6, 6.07) is 8.30. The molecule has 1 aromatic heterocycles. The number of aryl methyl sites for hydroxylation is 1. The summed E-state index contributed by atoms with van der Waals surface area (Å²) in [6.45, 7) is 8.52. The molecule has 17 heavy (non-hydrogen) atoms. The van der Waals surface area contributed by atoms with E-state index in [0.717, 1.165) is 15.8 Å². The van der Waals surface area contributed by atoms with Crippen LogP contribution in [-0.4, -0.2) is 10.5 Å². The normalized spacial score (nSPS) is 11.8. The number of halogens is 1. The first-order valence-electron chi connectivity index (χ1n) is 5.70. The van der Waals surface area contributed by atoms with Crippen LogP contribution in [0.1, 0.15) is 26.3 Å². The lowest BCUT2D eigenvalue weighted by atomic mass is 10.1. The number of benzene rings is 1. The average molecular weight is 293 g/mol. The second-order valence-corrected chi connectivity index (χ2v) is 6.28. The second-order valence-electron chi connectivity index (χ2n) is 5.36. The highest BCUT2D eigenvalue weighted by Gasteiger charge is 2.11. The average Bonchev–Trinajstić information content (AvgIpc) is 2.13. The Labute approximate surface area is 111 Å². The minimum Gasteiger partial charge on any atom is -0.365 e. The number of hydrogen-bond donors (Lipinski definition) is 1. The van der Waals surface area contributed by atoms with Gasteiger partial charge in [0, 0.05) is 15.4 Å². The molecule has 90 valence electrons. The number of fused-ring (bicyclic) bond motifs is 1. The van der Waals surface area contributed by atoms with Crippen molar-refractivity contribution in [2.45, 2.75) is 33.2 Å². The van der Waals surface area contributed by atoms with Crippen molar-refractivity contribution < 1.29 is 0 Å². The number of pyridine rings is 1. The van der Waals surface area contributed by atoms with Crippen LogP contribution in [0.25, 0.3) is 10.9 Å². The molecule has 0 aliphatic carbocycles. The molecular formula is C14H17BrN2. The first-order valence-corrected chi connectivity index (χ1v) is 6.49. The van der Waals surface area contributed by atoms with E-state index in [1.807, 2.05) is 6.07 Å². The van der Waals surface area contributed by atoms with Gasteiger partial charge in [-0.05, 0) is 51.5 Å². The van der Waals surface area contributed by atoms with E-state index in [2.05, 4.69) is 72.1 Å². The van der Waals surface area contributed by atoms with Crippen LogP contribution in [0.15, 0.2) is 28.7 Å². The fourth-order valence-corrected chi connectivity index (χ4v) is 2.17. The number of anilines is 1. The molecule has 0 radical (unpaired) electrons. The fourth-order valence-electron chi connectivity index (χ4n) is 1.82. The maximum Gasteiger partial charge on any atom is 0.127 e. The third kappa shape index (κ3) is 2.97. The van der Waals surface area contributed by atoms with Crippen LogP contribution in [0.5, 0.6) is 0 Å². The number of nitrogens with zero attached hydrogens (tertiary/aromatic N) is 1. The Hall–Kier alpha value is -1.09. The molecule has 1 N–H and O–H groups in total. The van der Waals surface area contributed by atoms with Crippen LogP contribution in [0.4, 0.5) is 5.82 Å². The predicted octanol–water partition coefficient (Wildman–Crippen LogP) is 4.52. The van der Waals surface area contributed by atoms with Gasteiger partial charge in [-0.1, -0.05) is 22.0 Å². The van der Waals surface area contributed by atoms with Gasteiger partial charge in [0.25, 0.3) is 0 Å². The van der Waals surface area contributed by atoms with Crippen LogP contribution in [0.3, 0.4) is 0 Å². The van der Waals surface area contributed by atoms with Crippen LogP contribution in [0.2, 0.25) is 0 Å². The Morgan fingerprint density at radius 3 is 2.53 bits per heavy atom. The van der Waals surface area contributed by atoms with Crippen molar-refractivity contribution in [2.24, 2.45) is 0 Å². The smallest absolute Gasteiger partial charge is 0.127 e. The molecule has 0 unspecified atom stereocenters. The van der Waals surface area contributed by atoms with Crippen LogP contribution in [0, 0.1) is 6.92 Å². The van der Waals surface area contributed by atoms with E-state index in [0.29, 0.717) is 0 Å². The minimum atomic E-state index is 0.0269. The zero-order valence-electron chi connectivity index (χ0n) is 10.6. The van der Waals surface area contributed by atoms with Gasteiger partial charge < -0.3 is 5.32 Å². The zero-order chi connectivity index (χ0) is 12.6. The standard InChI is InChI=1S/C14H17BrN2/c1-9-7-13(17-14(2,3)4)16-12-8-10(15)5-6-11(9)12/h5-8H,1-4H3,(H,16,17). The van der Waals surface area contributed by atoms with Crippen molar-refractivity contribution in [2.75, 3.05) is 5.32 Å². The summed E-state index contributed by atoms with van der Waals surface area (Å²) >= 11 is 3.48. The van der Waals surface area contributed by atoms with Gasteiger partial charge in [0.15, 0.2) is 0 Å². The van der Waals surface area contributed by atoms with E-state index < -0.39 is 0 Å². The van der Waals surface area contributed by atoms with Gasteiger partial charge in [-0.25, -0.2) is 4.98 Å². The Balaban J connectivity index is 2.54. The highest BCUT2D eigenvalue weighted by Crippen LogP contribution is 2.24. The lowest BCUT2D eigenvalue weighted by Gasteiger charge is -2.22. The Morgan fingerprint density at radius 1 is 1.18 bits per heavy atom. The summed E-state index contributed by atoms with van der Waals surface area (Å²) in [4.78, 5) is 4.64. The number of aromatic nitrogens is 1. The van der Waals surface area contributed by atoms with E-state index in [4.69, 9.17) is 0 Å². The monoisotopic (exact) mass is 292 g/mol. The SMILES string of the molecule is Cc1cc(NC(C)(C)C)nc2cc(Br)ccc12. The quantitative estimate of drug-likeness (QED) is 0.836. The Bertz CT molecular complexity index is 556. The Kier molecular flexibility index (Phi) is 3.13. The molecule has 0 fully saturated rings. The topological polar surface area (TPSA) is 24.9 Å². The van der Waals surface area contributed by atoms with Gasteiger partial charge in [-0.3, -0.25) is 0 Å². The highest BCUT2D eigenvalue weighted by molar-refractivity contribution is 9.10. The largest absolute Gasteiger partial charge is 0.365 e. The maximum atomic E-state index is 4.64. The molecule has 0 bridgehead atoms. The lowest BCUT2D eigenvalue weighted by molar-refractivity contribution is 0.631. The molecule has 2 nitrogen and oxygen atoms in total. The van der Waals surface area contributed by atoms with E-state index >= 15 is 0 Å². The van der Waals surface area contributed by atoms with Gasteiger partial charge >= 0.3 is 0 Å². The summed E-state index contributed by atoms with van der Waals surface area (Å²) in [7, 11) is 0. The summed E-state index contributed by atoms with van der Waals surface area (Å²) < 4.78 is 1.06. The molecule has 0 saturated carbocycles. The first-order chi connectivity index (χ1) is 7.85. The maximum absolute atomic E-state index is 4.64. The van der Waals surface area contributed by atoms with Crippen LogP contribution < -0.4 is 5.32 Å². The van der Waals surface area contributed by atoms with Gasteiger partial charge in [0.05, 0.1) is 5.52 Å². The highest BCUT2D eigenvalue weighted by atomic mass is 79.9. The summed E-state index contributed by atoms with van der Waals surface area (Å²) in [5.41, 5.74) is 2.29. The number of hydrogen-bond acceptors (Lipinski definition) is 2. The number of nitrogens with one attached hydrogen (secondary N) is 1. The third-order valence-electron chi connectivity index (χ3n) is 2.48. The molecule has 2 rings (SSSR count). The van der Waals surface area contributed by atoms with Crippen molar-refractivity contribution in [3.05, 3.63) is 34.3 Å². The second kappa shape index (κ2) is 4.30. The van der Waals surface area contributed by atoms with E-state index in [9.17, 15) is 0 Å². The molecular weight excluding hydrogens is 276 g/mol. The molecule has 2 aromatic rings. The number of rotatable bonds is 1. The molecule has 0 spiro atoms. The lowest BCUT2D eigenvalue weighted by Crippen LogP contribution is -2.26. The third-order valence-corrected chi connectivity index (χ3v) is 2.98. The van der Waals surface area contributed by atoms with Gasteiger partial charge in [-0.2, -0.15) is 0 Å². The summed E-state index contributed by atoms with van der Waals surface area (Å²) in [6.07, 6.45) is 0. The van der Waals surface area contributed by atoms with Crippen molar-refractivity contribution in [1.29, 1.82) is 0 Å².